The normalized spacial score (nSPS) is 10.3. The summed E-state index contributed by atoms with van der Waals surface area (Å²) in [6.45, 7) is 1.59. The molecule has 0 bridgehead atoms. The fourth-order valence-corrected chi connectivity index (χ4v) is 2.69. The fraction of sp³-hybridized carbons (Fsp3) is 0.118. The number of hydrogen-bond donors (Lipinski definition) is 1. The average Bonchev–Trinajstić information content (AvgIpc) is 3.09. The van der Waals surface area contributed by atoms with Gasteiger partial charge in [-0.15, -0.1) is 11.3 Å². The standard InChI is InChI=1S/C17H14N4O3S/c1-11-2-4-12(5-3-11)14-10-25-17(20-14)21-15(22)9-24-16(23)13-8-18-6-7-19-13/h2-8,10H,9H2,1H3,(H,20,21,22). The van der Waals surface area contributed by atoms with Gasteiger partial charge in [-0.3, -0.25) is 15.1 Å². The highest BCUT2D eigenvalue weighted by Gasteiger charge is 2.13. The molecule has 0 aliphatic carbocycles. The molecule has 0 unspecified atom stereocenters. The van der Waals surface area contributed by atoms with E-state index in [1.807, 2.05) is 36.6 Å². The molecule has 1 N–H and O–H groups in total. The summed E-state index contributed by atoms with van der Waals surface area (Å²) in [5.74, 6) is -1.18. The predicted octanol–water partition coefficient (Wildman–Crippen LogP) is 2.70. The Morgan fingerprint density at radius 3 is 2.72 bits per heavy atom. The largest absolute Gasteiger partial charge is 0.451 e. The van der Waals surface area contributed by atoms with Crippen molar-refractivity contribution in [3.8, 4) is 11.3 Å². The lowest BCUT2D eigenvalue weighted by molar-refractivity contribution is -0.119. The van der Waals surface area contributed by atoms with Gasteiger partial charge in [0.25, 0.3) is 5.91 Å². The van der Waals surface area contributed by atoms with Crippen molar-refractivity contribution in [3.05, 3.63) is 59.5 Å². The summed E-state index contributed by atoms with van der Waals surface area (Å²) in [7, 11) is 0. The highest BCUT2D eigenvalue weighted by molar-refractivity contribution is 7.14. The van der Waals surface area contributed by atoms with Gasteiger partial charge in [-0.25, -0.2) is 14.8 Å². The number of benzene rings is 1. The Balaban J connectivity index is 1.55. The minimum absolute atomic E-state index is 0.0474. The zero-order valence-corrected chi connectivity index (χ0v) is 14.1. The molecule has 2 aromatic heterocycles. The summed E-state index contributed by atoms with van der Waals surface area (Å²) < 4.78 is 4.89. The molecule has 25 heavy (non-hydrogen) atoms. The molecule has 126 valence electrons. The molecule has 3 aromatic rings. The molecule has 7 nitrogen and oxygen atoms in total. The van der Waals surface area contributed by atoms with E-state index in [1.54, 1.807) is 0 Å². The molecule has 0 spiro atoms. The van der Waals surface area contributed by atoms with Crippen LogP contribution in [0.15, 0.2) is 48.2 Å². The van der Waals surface area contributed by atoms with Crippen LogP contribution in [-0.2, 0) is 9.53 Å². The van der Waals surface area contributed by atoms with Crippen molar-refractivity contribution in [1.82, 2.24) is 15.0 Å². The maximum Gasteiger partial charge on any atom is 0.359 e. The number of thiazole rings is 1. The lowest BCUT2D eigenvalue weighted by Gasteiger charge is -2.03. The quantitative estimate of drug-likeness (QED) is 0.708. The minimum Gasteiger partial charge on any atom is -0.451 e. The molecule has 0 fully saturated rings. The third-order valence-corrected chi connectivity index (χ3v) is 3.96. The van der Waals surface area contributed by atoms with Crippen LogP contribution in [0, 0.1) is 6.92 Å². The van der Waals surface area contributed by atoms with Crippen molar-refractivity contribution in [2.24, 2.45) is 0 Å². The zero-order valence-electron chi connectivity index (χ0n) is 13.3. The summed E-state index contributed by atoms with van der Waals surface area (Å²) in [6, 6.07) is 7.94. The monoisotopic (exact) mass is 354 g/mol. The highest BCUT2D eigenvalue weighted by atomic mass is 32.1. The van der Waals surface area contributed by atoms with Gasteiger partial charge in [0.05, 0.1) is 11.9 Å². The number of amides is 1. The van der Waals surface area contributed by atoms with Crippen molar-refractivity contribution < 1.29 is 14.3 Å². The second kappa shape index (κ2) is 7.63. The molecule has 0 aliphatic rings. The Labute approximate surface area is 147 Å². The van der Waals surface area contributed by atoms with Gasteiger partial charge in [-0.1, -0.05) is 29.8 Å². The van der Waals surface area contributed by atoms with E-state index >= 15 is 0 Å². The van der Waals surface area contributed by atoms with E-state index in [-0.39, 0.29) is 5.69 Å². The molecule has 0 radical (unpaired) electrons. The molecular weight excluding hydrogens is 340 g/mol. The van der Waals surface area contributed by atoms with Gasteiger partial charge in [-0.05, 0) is 6.92 Å². The smallest absolute Gasteiger partial charge is 0.359 e. The third-order valence-electron chi connectivity index (χ3n) is 3.20. The second-order valence-electron chi connectivity index (χ2n) is 5.12. The molecule has 3 rings (SSSR count). The van der Waals surface area contributed by atoms with E-state index in [1.165, 1.54) is 29.9 Å². The number of anilines is 1. The van der Waals surface area contributed by atoms with Gasteiger partial charge < -0.3 is 4.74 Å². The molecule has 0 saturated heterocycles. The van der Waals surface area contributed by atoms with Crippen LogP contribution in [0.3, 0.4) is 0 Å². The third kappa shape index (κ3) is 4.45. The average molecular weight is 354 g/mol. The molecule has 1 amide bonds. The number of carbonyl (C=O) groups is 2. The molecule has 8 heteroatoms. The number of aromatic nitrogens is 3. The van der Waals surface area contributed by atoms with Gasteiger partial charge in [0.2, 0.25) is 0 Å². The van der Waals surface area contributed by atoms with Crippen molar-refractivity contribution >= 4 is 28.3 Å². The Morgan fingerprint density at radius 1 is 1.20 bits per heavy atom. The van der Waals surface area contributed by atoms with Crippen LogP contribution in [0.2, 0.25) is 0 Å². The van der Waals surface area contributed by atoms with Gasteiger partial charge in [-0.2, -0.15) is 0 Å². The van der Waals surface area contributed by atoms with Crippen LogP contribution in [0.5, 0.6) is 0 Å². The lowest BCUT2D eigenvalue weighted by Crippen LogP contribution is -2.21. The lowest BCUT2D eigenvalue weighted by atomic mass is 10.1. The first-order chi connectivity index (χ1) is 12.1. The zero-order chi connectivity index (χ0) is 17.6. The van der Waals surface area contributed by atoms with E-state index in [0.717, 1.165) is 16.8 Å². The summed E-state index contributed by atoms with van der Waals surface area (Å²) in [5.41, 5.74) is 2.96. The fourth-order valence-electron chi connectivity index (χ4n) is 1.95. The van der Waals surface area contributed by atoms with E-state index in [9.17, 15) is 9.59 Å². The summed E-state index contributed by atoms with van der Waals surface area (Å²) >= 11 is 1.30. The molecule has 0 saturated carbocycles. The van der Waals surface area contributed by atoms with Gasteiger partial charge >= 0.3 is 5.97 Å². The molecular formula is C17H14N4O3S. The maximum absolute atomic E-state index is 11.9. The van der Waals surface area contributed by atoms with Crippen LogP contribution in [0.4, 0.5) is 5.13 Å². The van der Waals surface area contributed by atoms with E-state index < -0.39 is 18.5 Å². The van der Waals surface area contributed by atoms with Crippen molar-refractivity contribution in [2.45, 2.75) is 6.92 Å². The van der Waals surface area contributed by atoms with Gasteiger partial charge in [0.15, 0.2) is 17.4 Å². The number of nitrogens with one attached hydrogen (secondary N) is 1. The molecule has 0 aliphatic heterocycles. The van der Waals surface area contributed by atoms with Crippen molar-refractivity contribution in [2.75, 3.05) is 11.9 Å². The highest BCUT2D eigenvalue weighted by Crippen LogP contribution is 2.25. The first-order valence-corrected chi connectivity index (χ1v) is 8.25. The molecule has 0 atom stereocenters. The van der Waals surface area contributed by atoms with Crippen LogP contribution in [0.1, 0.15) is 16.1 Å². The van der Waals surface area contributed by atoms with Crippen LogP contribution in [0.25, 0.3) is 11.3 Å². The number of esters is 1. The van der Waals surface area contributed by atoms with Crippen LogP contribution in [-0.4, -0.2) is 33.4 Å². The van der Waals surface area contributed by atoms with Crippen LogP contribution < -0.4 is 5.32 Å². The number of ether oxygens (including phenoxy) is 1. The van der Waals surface area contributed by atoms with E-state index in [4.69, 9.17) is 4.74 Å². The van der Waals surface area contributed by atoms with E-state index in [0.29, 0.717) is 5.13 Å². The number of rotatable bonds is 5. The first-order valence-electron chi connectivity index (χ1n) is 7.37. The Hall–Kier alpha value is -3.13. The topological polar surface area (TPSA) is 94.1 Å². The Morgan fingerprint density at radius 2 is 2.00 bits per heavy atom. The van der Waals surface area contributed by atoms with E-state index in [2.05, 4.69) is 20.3 Å². The summed E-state index contributed by atoms with van der Waals surface area (Å²) in [5, 5.41) is 4.90. The SMILES string of the molecule is Cc1ccc(-c2csc(NC(=O)COC(=O)c3cnccn3)n2)cc1. The van der Waals surface area contributed by atoms with Gasteiger partial charge in [0, 0.05) is 23.3 Å². The maximum atomic E-state index is 11.9. The number of hydrogen-bond acceptors (Lipinski definition) is 7. The first kappa shape index (κ1) is 16.7. The minimum atomic E-state index is -0.706. The Bertz CT molecular complexity index is 878. The Kier molecular flexibility index (Phi) is 5.10. The number of nitrogens with zero attached hydrogens (tertiary/aromatic N) is 3. The number of aryl methyl sites for hydroxylation is 1. The van der Waals surface area contributed by atoms with Crippen molar-refractivity contribution in [1.29, 1.82) is 0 Å². The van der Waals surface area contributed by atoms with Crippen LogP contribution >= 0.6 is 11.3 Å². The summed E-state index contributed by atoms with van der Waals surface area (Å²) in [6.07, 6.45) is 4.09. The van der Waals surface area contributed by atoms with Crippen molar-refractivity contribution in [3.63, 3.8) is 0 Å². The number of carbonyl (C=O) groups excluding carboxylic acids is 2. The van der Waals surface area contributed by atoms with Gasteiger partial charge in [0.1, 0.15) is 0 Å². The molecule has 1 aromatic carbocycles. The predicted molar refractivity (Wildman–Crippen MR) is 93.2 cm³/mol. The second-order valence-corrected chi connectivity index (χ2v) is 5.98. The summed E-state index contributed by atoms with van der Waals surface area (Å²) in [4.78, 5) is 35.5. The molecule has 2 heterocycles.